The Kier molecular flexibility index (Phi) is 3.76. The van der Waals surface area contributed by atoms with Gasteiger partial charge >= 0.3 is 5.97 Å². The summed E-state index contributed by atoms with van der Waals surface area (Å²) in [6.07, 6.45) is 2.98. The summed E-state index contributed by atoms with van der Waals surface area (Å²) in [5.41, 5.74) is 0.909. The summed E-state index contributed by atoms with van der Waals surface area (Å²) in [6, 6.07) is 15.8. The third-order valence-corrected chi connectivity index (χ3v) is 2.29. The molecule has 0 aromatic heterocycles. The SMILES string of the molecule is O=C(/C=C/c1ccccc1)Oc1ccccc1O. The number of aromatic hydroxyl groups is 1. The van der Waals surface area contributed by atoms with Crippen molar-refractivity contribution in [2.45, 2.75) is 0 Å². The quantitative estimate of drug-likeness (QED) is 0.509. The van der Waals surface area contributed by atoms with Gasteiger partial charge in [0.25, 0.3) is 0 Å². The van der Waals surface area contributed by atoms with Crippen molar-refractivity contribution in [1.29, 1.82) is 0 Å². The van der Waals surface area contributed by atoms with Crippen LogP contribution < -0.4 is 4.74 Å². The summed E-state index contributed by atoms with van der Waals surface area (Å²) < 4.78 is 4.99. The van der Waals surface area contributed by atoms with Gasteiger partial charge < -0.3 is 9.84 Å². The summed E-state index contributed by atoms with van der Waals surface area (Å²) in [5, 5.41) is 9.44. The van der Waals surface area contributed by atoms with E-state index in [9.17, 15) is 9.90 Å². The van der Waals surface area contributed by atoms with Crippen molar-refractivity contribution in [3.05, 3.63) is 66.2 Å². The highest BCUT2D eigenvalue weighted by Gasteiger charge is 2.04. The first-order valence-corrected chi connectivity index (χ1v) is 5.48. The van der Waals surface area contributed by atoms with Gasteiger partial charge in [-0.2, -0.15) is 0 Å². The molecule has 90 valence electrons. The minimum absolute atomic E-state index is 0.0565. The highest BCUT2D eigenvalue weighted by Crippen LogP contribution is 2.24. The van der Waals surface area contributed by atoms with Crippen LogP contribution in [0.1, 0.15) is 5.56 Å². The second kappa shape index (κ2) is 5.68. The Hall–Kier alpha value is -2.55. The summed E-state index contributed by atoms with van der Waals surface area (Å²) in [5.74, 6) is -0.431. The van der Waals surface area contributed by atoms with Gasteiger partial charge in [-0.25, -0.2) is 4.79 Å². The maximum atomic E-state index is 11.5. The molecular formula is C15H12O3. The van der Waals surface area contributed by atoms with Crippen LogP contribution in [-0.2, 0) is 4.79 Å². The molecule has 0 unspecified atom stereocenters. The normalized spacial score (nSPS) is 10.4. The molecule has 3 nitrogen and oxygen atoms in total. The number of esters is 1. The van der Waals surface area contributed by atoms with E-state index in [2.05, 4.69) is 0 Å². The van der Waals surface area contributed by atoms with Gasteiger partial charge in [-0.3, -0.25) is 0 Å². The van der Waals surface area contributed by atoms with Crippen LogP contribution in [0.25, 0.3) is 6.08 Å². The Morgan fingerprint density at radius 3 is 2.39 bits per heavy atom. The van der Waals surface area contributed by atoms with Gasteiger partial charge in [0.05, 0.1) is 0 Å². The van der Waals surface area contributed by atoms with E-state index in [1.807, 2.05) is 30.3 Å². The van der Waals surface area contributed by atoms with Gasteiger partial charge in [-0.15, -0.1) is 0 Å². The lowest BCUT2D eigenvalue weighted by Gasteiger charge is -2.02. The first-order valence-electron chi connectivity index (χ1n) is 5.48. The molecule has 0 radical (unpaired) electrons. The van der Waals surface area contributed by atoms with Crippen molar-refractivity contribution < 1.29 is 14.6 Å². The van der Waals surface area contributed by atoms with Gasteiger partial charge in [0.1, 0.15) is 0 Å². The minimum Gasteiger partial charge on any atom is -0.504 e. The number of carbonyl (C=O) groups is 1. The molecule has 0 fully saturated rings. The lowest BCUT2D eigenvalue weighted by molar-refractivity contribution is -0.129. The predicted molar refractivity (Wildman–Crippen MR) is 69.2 cm³/mol. The van der Waals surface area contributed by atoms with Crippen molar-refractivity contribution in [1.82, 2.24) is 0 Å². The standard InChI is InChI=1S/C15H12O3/c16-13-8-4-5-9-14(13)18-15(17)11-10-12-6-2-1-3-7-12/h1-11,16H/b11-10+. The molecular weight excluding hydrogens is 228 g/mol. The Labute approximate surface area is 105 Å². The molecule has 3 heteroatoms. The van der Waals surface area contributed by atoms with Crippen molar-refractivity contribution >= 4 is 12.0 Å². The number of hydrogen-bond donors (Lipinski definition) is 1. The zero-order chi connectivity index (χ0) is 12.8. The van der Waals surface area contributed by atoms with Crippen LogP contribution in [0.3, 0.4) is 0 Å². The molecule has 0 saturated carbocycles. The number of hydrogen-bond acceptors (Lipinski definition) is 3. The van der Waals surface area contributed by atoms with E-state index in [0.717, 1.165) is 5.56 Å². The number of rotatable bonds is 3. The van der Waals surface area contributed by atoms with Crippen LogP contribution in [0.5, 0.6) is 11.5 Å². The van der Waals surface area contributed by atoms with E-state index in [-0.39, 0.29) is 11.5 Å². The van der Waals surface area contributed by atoms with Crippen molar-refractivity contribution in [3.8, 4) is 11.5 Å². The van der Waals surface area contributed by atoms with Crippen LogP contribution in [-0.4, -0.2) is 11.1 Å². The molecule has 0 atom stereocenters. The first kappa shape index (κ1) is 11.9. The number of ether oxygens (including phenoxy) is 1. The molecule has 0 aliphatic heterocycles. The highest BCUT2D eigenvalue weighted by molar-refractivity contribution is 5.89. The number of benzene rings is 2. The molecule has 2 aromatic carbocycles. The molecule has 0 spiro atoms. The Morgan fingerprint density at radius 1 is 1.00 bits per heavy atom. The Bertz CT molecular complexity index is 559. The smallest absolute Gasteiger partial charge is 0.336 e. The molecule has 1 N–H and O–H groups in total. The summed E-state index contributed by atoms with van der Waals surface area (Å²) in [4.78, 5) is 11.5. The van der Waals surface area contributed by atoms with E-state index in [4.69, 9.17) is 4.74 Å². The minimum atomic E-state index is -0.527. The summed E-state index contributed by atoms with van der Waals surface area (Å²) in [7, 11) is 0. The van der Waals surface area contributed by atoms with Crippen LogP contribution in [0.15, 0.2) is 60.7 Å². The third-order valence-electron chi connectivity index (χ3n) is 2.29. The second-order valence-electron chi connectivity index (χ2n) is 3.63. The van der Waals surface area contributed by atoms with Crippen LogP contribution >= 0.6 is 0 Å². The fraction of sp³-hybridized carbons (Fsp3) is 0. The molecule has 0 aliphatic rings. The summed E-state index contributed by atoms with van der Waals surface area (Å²) in [6.45, 7) is 0. The van der Waals surface area contributed by atoms with Crippen molar-refractivity contribution in [2.75, 3.05) is 0 Å². The van der Waals surface area contributed by atoms with E-state index >= 15 is 0 Å². The van der Waals surface area contributed by atoms with E-state index in [0.29, 0.717) is 0 Å². The zero-order valence-corrected chi connectivity index (χ0v) is 9.61. The number of phenols is 1. The Balaban J connectivity index is 2.02. The molecule has 0 bridgehead atoms. The van der Waals surface area contributed by atoms with Gasteiger partial charge in [0.2, 0.25) is 0 Å². The number of phenolic OH excluding ortho intramolecular Hbond substituents is 1. The van der Waals surface area contributed by atoms with Gasteiger partial charge in [0, 0.05) is 6.08 Å². The number of para-hydroxylation sites is 2. The maximum Gasteiger partial charge on any atom is 0.336 e. The summed E-state index contributed by atoms with van der Waals surface area (Å²) >= 11 is 0. The van der Waals surface area contributed by atoms with Gasteiger partial charge in [0.15, 0.2) is 11.5 Å². The van der Waals surface area contributed by atoms with Crippen LogP contribution in [0, 0.1) is 0 Å². The third kappa shape index (κ3) is 3.22. The lowest BCUT2D eigenvalue weighted by Crippen LogP contribution is -2.03. The molecule has 2 aromatic rings. The van der Waals surface area contributed by atoms with Crippen LogP contribution in [0.4, 0.5) is 0 Å². The first-order chi connectivity index (χ1) is 8.75. The average Bonchev–Trinajstić information content (AvgIpc) is 2.40. The number of carbonyl (C=O) groups excluding carboxylic acids is 1. The Morgan fingerprint density at radius 2 is 1.67 bits per heavy atom. The fourth-order valence-corrected chi connectivity index (χ4v) is 1.41. The van der Waals surface area contributed by atoms with Crippen molar-refractivity contribution in [2.24, 2.45) is 0 Å². The maximum absolute atomic E-state index is 11.5. The highest BCUT2D eigenvalue weighted by atomic mass is 16.5. The zero-order valence-electron chi connectivity index (χ0n) is 9.61. The van der Waals surface area contributed by atoms with Gasteiger partial charge in [-0.05, 0) is 23.8 Å². The molecule has 2 rings (SSSR count). The fourth-order valence-electron chi connectivity index (χ4n) is 1.41. The molecule has 0 saturated heterocycles. The molecule has 18 heavy (non-hydrogen) atoms. The van der Waals surface area contributed by atoms with E-state index < -0.39 is 5.97 Å². The average molecular weight is 240 g/mol. The van der Waals surface area contributed by atoms with E-state index in [1.54, 1.807) is 18.2 Å². The second-order valence-corrected chi connectivity index (χ2v) is 3.63. The molecule has 0 aliphatic carbocycles. The topological polar surface area (TPSA) is 46.5 Å². The lowest BCUT2D eigenvalue weighted by atomic mass is 10.2. The van der Waals surface area contributed by atoms with Crippen molar-refractivity contribution in [3.63, 3.8) is 0 Å². The van der Waals surface area contributed by atoms with E-state index in [1.165, 1.54) is 18.2 Å². The molecule has 0 heterocycles. The molecule has 0 amide bonds. The largest absolute Gasteiger partial charge is 0.504 e. The van der Waals surface area contributed by atoms with Crippen LogP contribution in [0.2, 0.25) is 0 Å². The van der Waals surface area contributed by atoms with Gasteiger partial charge in [-0.1, -0.05) is 42.5 Å². The monoisotopic (exact) mass is 240 g/mol. The predicted octanol–water partition coefficient (Wildman–Crippen LogP) is 3.01.